The number of H-pyrrole nitrogens is 1. The second-order valence-corrected chi connectivity index (χ2v) is 9.46. The van der Waals surface area contributed by atoms with Crippen molar-refractivity contribution in [2.45, 2.75) is 45.4 Å². The van der Waals surface area contributed by atoms with Gasteiger partial charge in [-0.2, -0.15) is 4.98 Å². The Bertz CT molecular complexity index is 1180. The topological polar surface area (TPSA) is 95.9 Å². The number of rotatable bonds is 7. The number of aliphatic hydroxyl groups excluding tert-OH is 1. The van der Waals surface area contributed by atoms with Gasteiger partial charge in [-0.15, -0.1) is 0 Å². The van der Waals surface area contributed by atoms with E-state index >= 15 is 0 Å². The van der Waals surface area contributed by atoms with E-state index in [0.29, 0.717) is 41.0 Å². The highest BCUT2D eigenvalue weighted by atomic mass is 35.5. The number of nitrogens with one attached hydrogen (secondary N) is 1. The lowest BCUT2D eigenvalue weighted by molar-refractivity contribution is -0.133. The molecule has 2 N–H and O–H groups in total. The number of aromatic nitrogens is 3. The quantitative estimate of drug-likeness (QED) is 0.520. The minimum Gasteiger partial charge on any atom is -0.395 e. The van der Waals surface area contributed by atoms with Gasteiger partial charge < -0.3 is 5.11 Å². The second kappa shape index (κ2) is 9.98. The van der Waals surface area contributed by atoms with Gasteiger partial charge in [0.1, 0.15) is 11.6 Å². The number of aromatic amines is 1. The number of Topliss-reactive ketones (excluding diaryl/α,β-unsaturated/α-hetero) is 1. The Balaban J connectivity index is 1.56. The maximum atomic E-state index is 13.0. The van der Waals surface area contributed by atoms with Crippen molar-refractivity contribution in [3.63, 3.8) is 0 Å². The number of ketones is 1. The predicted molar refractivity (Wildman–Crippen MR) is 129 cm³/mol. The van der Waals surface area contributed by atoms with E-state index in [1.807, 2.05) is 42.5 Å². The zero-order chi connectivity index (χ0) is 23.4. The lowest BCUT2D eigenvalue weighted by Gasteiger charge is -2.36. The molecule has 3 aromatic rings. The summed E-state index contributed by atoms with van der Waals surface area (Å²) in [6.45, 7) is 2.11. The van der Waals surface area contributed by atoms with Crippen molar-refractivity contribution in [1.29, 1.82) is 0 Å². The van der Waals surface area contributed by atoms with E-state index in [4.69, 9.17) is 11.6 Å². The largest absolute Gasteiger partial charge is 0.395 e. The molecule has 0 bridgehead atoms. The van der Waals surface area contributed by atoms with Gasteiger partial charge in [0.25, 0.3) is 0 Å². The first-order valence-corrected chi connectivity index (χ1v) is 11.7. The van der Waals surface area contributed by atoms with Gasteiger partial charge in [0.05, 0.1) is 17.0 Å². The smallest absolute Gasteiger partial charge is 0.348 e. The summed E-state index contributed by atoms with van der Waals surface area (Å²) in [4.78, 5) is 36.4. The molecule has 0 spiro atoms. The van der Waals surface area contributed by atoms with Crippen molar-refractivity contribution in [3.8, 4) is 22.8 Å². The highest BCUT2D eigenvalue weighted by molar-refractivity contribution is 6.33. The molecule has 7 heteroatoms. The third kappa shape index (κ3) is 5.23. The first kappa shape index (κ1) is 23.3. The van der Waals surface area contributed by atoms with Gasteiger partial charge in [0.15, 0.2) is 5.82 Å². The highest BCUT2D eigenvalue weighted by Crippen LogP contribution is 2.40. The average molecular weight is 466 g/mol. The lowest BCUT2D eigenvalue weighted by atomic mass is 9.68. The molecule has 1 heterocycles. The third-order valence-corrected chi connectivity index (χ3v) is 7.06. The van der Waals surface area contributed by atoms with Gasteiger partial charge >= 0.3 is 5.69 Å². The summed E-state index contributed by atoms with van der Waals surface area (Å²) in [5, 5.41) is 10.4. The van der Waals surface area contributed by atoms with Crippen molar-refractivity contribution in [2.75, 3.05) is 6.61 Å². The molecule has 1 aromatic heterocycles. The summed E-state index contributed by atoms with van der Waals surface area (Å²) in [5.74, 6) is 1.38. The van der Waals surface area contributed by atoms with Crippen LogP contribution in [0.4, 0.5) is 0 Å². The summed E-state index contributed by atoms with van der Waals surface area (Å²) in [7, 11) is 0. The fraction of sp³-hybridized carbons (Fsp3) is 0.385. The van der Waals surface area contributed by atoms with Crippen LogP contribution in [0, 0.1) is 11.3 Å². The van der Waals surface area contributed by atoms with Gasteiger partial charge in [-0.3, -0.25) is 9.78 Å². The first-order chi connectivity index (χ1) is 15.9. The monoisotopic (exact) mass is 465 g/mol. The zero-order valence-electron chi connectivity index (χ0n) is 18.7. The molecule has 33 heavy (non-hydrogen) atoms. The molecule has 0 saturated heterocycles. The van der Waals surface area contributed by atoms with E-state index in [2.05, 4.69) is 21.9 Å². The Morgan fingerprint density at radius 2 is 1.88 bits per heavy atom. The van der Waals surface area contributed by atoms with Crippen molar-refractivity contribution in [1.82, 2.24) is 15.0 Å². The summed E-state index contributed by atoms with van der Waals surface area (Å²) >= 11 is 6.44. The third-order valence-electron chi connectivity index (χ3n) is 6.73. The molecular formula is C26H28ClN3O3. The number of benzene rings is 2. The second-order valence-electron chi connectivity index (χ2n) is 9.05. The lowest BCUT2D eigenvalue weighted by Crippen LogP contribution is -2.38. The van der Waals surface area contributed by atoms with Gasteiger partial charge in [-0.25, -0.2) is 9.78 Å². The van der Waals surface area contributed by atoms with E-state index in [1.54, 1.807) is 6.07 Å². The fourth-order valence-corrected chi connectivity index (χ4v) is 4.71. The number of carbonyl (C=O) groups excluding carboxylic acids is 1. The Morgan fingerprint density at radius 1 is 1.15 bits per heavy atom. The summed E-state index contributed by atoms with van der Waals surface area (Å²) in [6.07, 6.45) is 4.33. The molecule has 0 amide bonds. The molecule has 1 fully saturated rings. The van der Waals surface area contributed by atoms with Crippen molar-refractivity contribution in [2.24, 2.45) is 11.3 Å². The van der Waals surface area contributed by atoms with Crippen LogP contribution in [-0.2, 0) is 11.2 Å². The molecule has 0 atom stereocenters. The molecule has 1 aliphatic rings. The molecule has 1 aliphatic carbocycles. The minimum absolute atomic E-state index is 0.0884. The molecule has 1 saturated carbocycles. The maximum absolute atomic E-state index is 13.0. The highest BCUT2D eigenvalue weighted by Gasteiger charge is 2.39. The van der Waals surface area contributed by atoms with E-state index in [9.17, 15) is 14.7 Å². The minimum atomic E-state index is -0.607. The molecule has 0 aliphatic heterocycles. The van der Waals surface area contributed by atoms with Gasteiger partial charge in [-0.1, -0.05) is 54.9 Å². The van der Waals surface area contributed by atoms with Crippen LogP contribution in [0.3, 0.4) is 0 Å². The number of hydrogen-bond donors (Lipinski definition) is 2. The molecule has 172 valence electrons. The van der Waals surface area contributed by atoms with Crippen LogP contribution in [-0.4, -0.2) is 32.4 Å². The van der Waals surface area contributed by atoms with Crippen LogP contribution in [0.15, 0.2) is 53.3 Å². The van der Waals surface area contributed by atoms with E-state index in [1.165, 1.54) is 0 Å². The Morgan fingerprint density at radius 3 is 2.58 bits per heavy atom. The van der Waals surface area contributed by atoms with Crippen molar-refractivity contribution in [3.05, 3.63) is 69.6 Å². The first-order valence-electron chi connectivity index (χ1n) is 11.4. The van der Waals surface area contributed by atoms with Gasteiger partial charge in [0.2, 0.25) is 0 Å². The van der Waals surface area contributed by atoms with Crippen LogP contribution in [0.2, 0.25) is 5.02 Å². The van der Waals surface area contributed by atoms with E-state index in [-0.39, 0.29) is 12.4 Å². The normalized spacial score (nSPS) is 20.5. The van der Waals surface area contributed by atoms with Crippen LogP contribution >= 0.6 is 11.6 Å². The summed E-state index contributed by atoms with van der Waals surface area (Å²) < 4.78 is 0. The van der Waals surface area contributed by atoms with Crippen LogP contribution in [0.1, 0.15) is 44.6 Å². The summed E-state index contributed by atoms with van der Waals surface area (Å²) in [5.41, 5.74) is 1.12. The zero-order valence-corrected chi connectivity index (χ0v) is 19.4. The predicted octanol–water partition coefficient (Wildman–Crippen LogP) is 4.84. The number of aliphatic hydroxyl groups is 1. The van der Waals surface area contributed by atoms with Crippen LogP contribution in [0.25, 0.3) is 22.8 Å². The molecule has 0 radical (unpaired) electrons. The number of halogens is 1. The van der Waals surface area contributed by atoms with Gasteiger partial charge in [-0.05, 0) is 55.7 Å². The average Bonchev–Trinajstić information content (AvgIpc) is 2.84. The standard InChI is InChI=1S/C26H28ClN3O3/c1-17-11-13-26(16-31,14-12-17)22(32)10-8-18-7-9-21(27)20(15-18)24-28-23(29-25(33)30-24)19-5-3-2-4-6-19/h2-7,9,15,17,31H,8,10-14,16H2,1H3,(H,28,29,30,33). The Labute approximate surface area is 198 Å². The Hall–Kier alpha value is -2.83. The molecule has 4 rings (SSSR count). The van der Waals surface area contributed by atoms with E-state index in [0.717, 1.165) is 36.8 Å². The van der Waals surface area contributed by atoms with Crippen molar-refractivity contribution >= 4 is 17.4 Å². The van der Waals surface area contributed by atoms with Crippen LogP contribution < -0.4 is 5.69 Å². The SMILES string of the molecule is CC1CCC(CO)(C(=O)CCc2ccc(Cl)c(-c3nc(-c4ccccc4)nc(=O)[nH]3)c2)CC1. The van der Waals surface area contributed by atoms with Crippen molar-refractivity contribution < 1.29 is 9.90 Å². The molecule has 6 nitrogen and oxygen atoms in total. The molecule has 2 aromatic carbocycles. The Kier molecular flexibility index (Phi) is 7.05. The number of aryl methyl sites for hydroxylation is 1. The summed E-state index contributed by atoms with van der Waals surface area (Å²) in [6, 6.07) is 14.8. The fourth-order valence-electron chi connectivity index (χ4n) is 4.50. The number of nitrogens with zero attached hydrogens (tertiary/aromatic N) is 2. The molecule has 0 unspecified atom stereocenters. The van der Waals surface area contributed by atoms with Gasteiger partial charge in [0, 0.05) is 17.5 Å². The maximum Gasteiger partial charge on any atom is 0.348 e. The number of hydrogen-bond acceptors (Lipinski definition) is 5. The molecular weight excluding hydrogens is 438 g/mol. The number of carbonyl (C=O) groups is 1. The van der Waals surface area contributed by atoms with Crippen LogP contribution in [0.5, 0.6) is 0 Å². The van der Waals surface area contributed by atoms with E-state index < -0.39 is 11.1 Å².